The van der Waals surface area contributed by atoms with E-state index < -0.39 is 0 Å². The minimum atomic E-state index is -0.161. The molecule has 28 heavy (non-hydrogen) atoms. The van der Waals surface area contributed by atoms with Crippen molar-refractivity contribution in [2.24, 2.45) is 5.16 Å². The van der Waals surface area contributed by atoms with Gasteiger partial charge in [0.2, 0.25) is 0 Å². The van der Waals surface area contributed by atoms with Crippen LogP contribution in [0, 0.1) is 6.92 Å². The van der Waals surface area contributed by atoms with Crippen LogP contribution >= 0.6 is 0 Å². The highest BCUT2D eigenvalue weighted by Crippen LogP contribution is 2.22. The zero-order valence-corrected chi connectivity index (χ0v) is 15.6. The molecule has 2 aromatic carbocycles. The summed E-state index contributed by atoms with van der Waals surface area (Å²) in [5, 5.41) is 7.09. The highest BCUT2D eigenvalue weighted by Gasteiger charge is 2.23. The highest BCUT2D eigenvalue weighted by atomic mass is 16.6. The summed E-state index contributed by atoms with van der Waals surface area (Å²) in [5.74, 6) is -0.156. The Morgan fingerprint density at radius 1 is 1.00 bits per heavy atom. The Kier molecular flexibility index (Phi) is 5.15. The first kappa shape index (κ1) is 17.9. The van der Waals surface area contributed by atoms with Gasteiger partial charge in [-0.25, -0.2) is 0 Å². The van der Waals surface area contributed by atoms with Gasteiger partial charge in [0.05, 0.1) is 17.8 Å². The molecule has 0 radical (unpaired) electrons. The third kappa shape index (κ3) is 4.09. The van der Waals surface area contributed by atoms with Crippen LogP contribution in [0.15, 0.2) is 78.1 Å². The third-order valence-electron chi connectivity index (χ3n) is 4.72. The number of aryl methyl sites for hydroxylation is 1. The van der Waals surface area contributed by atoms with Crippen molar-refractivity contribution in [1.29, 1.82) is 0 Å². The Bertz CT molecular complexity index is 981. The number of hydrogen-bond donors (Lipinski definition) is 1. The van der Waals surface area contributed by atoms with Crippen LogP contribution in [0.4, 0.5) is 0 Å². The molecule has 0 fully saturated rings. The van der Waals surface area contributed by atoms with Crippen LogP contribution in [0.25, 0.3) is 11.1 Å². The van der Waals surface area contributed by atoms with Gasteiger partial charge < -0.3 is 10.2 Å². The summed E-state index contributed by atoms with van der Waals surface area (Å²) in [4.78, 5) is 21.8. The predicted octanol–water partition coefficient (Wildman–Crippen LogP) is 3.98. The van der Waals surface area contributed by atoms with Gasteiger partial charge in [0.25, 0.3) is 5.91 Å². The molecule has 1 N–H and O–H groups in total. The summed E-state index contributed by atoms with van der Waals surface area (Å²) in [7, 11) is 0. The van der Waals surface area contributed by atoms with Crippen molar-refractivity contribution in [2.45, 2.75) is 19.4 Å². The smallest absolute Gasteiger partial charge is 0.252 e. The molecular formula is C23H21N3O2. The van der Waals surface area contributed by atoms with Crippen molar-refractivity contribution in [3.05, 3.63) is 89.7 Å². The number of aromatic nitrogens is 1. The standard InChI is InChI=1S/C23H21N3O2/c1-16-7-8-20(14-24-16)23(27)25-15-21-13-22(26-28-21)19-11-9-18(10-12-19)17-5-3-2-4-6-17/h2-12,14,21H,13,15H2,1H3,(H,25,27). The lowest BCUT2D eigenvalue weighted by atomic mass is 10.00. The minimum Gasteiger partial charge on any atom is -0.390 e. The van der Waals surface area contributed by atoms with Crippen molar-refractivity contribution in [3.63, 3.8) is 0 Å². The summed E-state index contributed by atoms with van der Waals surface area (Å²) in [6.07, 6.45) is 2.08. The molecule has 1 unspecified atom stereocenters. The molecule has 1 atom stereocenters. The van der Waals surface area contributed by atoms with Gasteiger partial charge in [-0.2, -0.15) is 0 Å². The van der Waals surface area contributed by atoms with Gasteiger partial charge in [0.1, 0.15) is 6.10 Å². The SMILES string of the molecule is Cc1ccc(C(=O)NCC2CC(c3ccc(-c4ccccc4)cc3)=NO2)cn1. The molecule has 1 aliphatic rings. The van der Waals surface area contributed by atoms with E-state index in [2.05, 4.69) is 51.9 Å². The first-order valence-electron chi connectivity index (χ1n) is 9.28. The van der Waals surface area contributed by atoms with Crippen LogP contribution < -0.4 is 5.32 Å². The van der Waals surface area contributed by atoms with Gasteiger partial charge in [0.15, 0.2) is 0 Å². The van der Waals surface area contributed by atoms with Gasteiger partial charge in [-0.05, 0) is 35.7 Å². The number of amides is 1. The van der Waals surface area contributed by atoms with Crippen LogP contribution in [0.5, 0.6) is 0 Å². The minimum absolute atomic E-state index is 0.156. The highest BCUT2D eigenvalue weighted by molar-refractivity contribution is 6.01. The first-order valence-corrected chi connectivity index (χ1v) is 9.28. The van der Waals surface area contributed by atoms with E-state index in [-0.39, 0.29) is 12.0 Å². The number of benzene rings is 2. The number of nitrogens with one attached hydrogen (secondary N) is 1. The van der Waals surface area contributed by atoms with Crippen molar-refractivity contribution >= 4 is 11.6 Å². The summed E-state index contributed by atoms with van der Waals surface area (Å²) < 4.78 is 0. The molecule has 0 spiro atoms. The Morgan fingerprint density at radius 2 is 1.71 bits per heavy atom. The Morgan fingerprint density at radius 3 is 2.43 bits per heavy atom. The van der Waals surface area contributed by atoms with Crippen LogP contribution in [0.2, 0.25) is 0 Å². The number of hydrogen-bond acceptors (Lipinski definition) is 4. The van der Waals surface area contributed by atoms with Gasteiger partial charge in [-0.3, -0.25) is 9.78 Å². The molecule has 1 aromatic heterocycles. The zero-order chi connectivity index (χ0) is 19.3. The van der Waals surface area contributed by atoms with Crippen LogP contribution in [-0.4, -0.2) is 29.3 Å². The lowest BCUT2D eigenvalue weighted by molar-refractivity contribution is 0.0753. The molecule has 2 heterocycles. The average molecular weight is 371 g/mol. The number of rotatable bonds is 5. The van der Waals surface area contributed by atoms with E-state index in [4.69, 9.17) is 4.84 Å². The van der Waals surface area contributed by atoms with E-state index in [9.17, 15) is 4.79 Å². The van der Waals surface area contributed by atoms with Crippen LogP contribution in [-0.2, 0) is 4.84 Å². The average Bonchev–Trinajstić information content (AvgIpc) is 3.22. The number of carbonyl (C=O) groups is 1. The Labute approximate surface area is 164 Å². The monoisotopic (exact) mass is 371 g/mol. The van der Waals surface area contributed by atoms with Crippen LogP contribution in [0.1, 0.15) is 28.0 Å². The normalized spacial score (nSPS) is 15.6. The van der Waals surface area contributed by atoms with Crippen LogP contribution in [0.3, 0.4) is 0 Å². The molecule has 0 aliphatic carbocycles. The van der Waals surface area contributed by atoms with E-state index in [0.717, 1.165) is 17.0 Å². The van der Waals surface area contributed by atoms with Gasteiger partial charge in [-0.1, -0.05) is 59.8 Å². The van der Waals surface area contributed by atoms with Crippen molar-refractivity contribution < 1.29 is 9.63 Å². The van der Waals surface area contributed by atoms with E-state index in [1.165, 1.54) is 11.1 Å². The molecular weight excluding hydrogens is 350 g/mol. The molecule has 3 aromatic rings. The quantitative estimate of drug-likeness (QED) is 0.738. The fraction of sp³-hybridized carbons (Fsp3) is 0.174. The molecule has 0 bridgehead atoms. The molecule has 1 aliphatic heterocycles. The van der Waals surface area contributed by atoms with E-state index in [0.29, 0.717) is 18.5 Å². The largest absolute Gasteiger partial charge is 0.390 e. The number of carbonyl (C=O) groups excluding carboxylic acids is 1. The summed E-state index contributed by atoms with van der Waals surface area (Å²) >= 11 is 0. The maximum absolute atomic E-state index is 12.2. The first-order chi connectivity index (χ1) is 13.7. The predicted molar refractivity (Wildman–Crippen MR) is 109 cm³/mol. The van der Waals surface area contributed by atoms with Gasteiger partial charge >= 0.3 is 0 Å². The zero-order valence-electron chi connectivity index (χ0n) is 15.6. The Balaban J connectivity index is 1.32. The third-order valence-corrected chi connectivity index (χ3v) is 4.72. The summed E-state index contributed by atoms with van der Waals surface area (Å²) in [5.41, 5.74) is 5.71. The second-order valence-electron chi connectivity index (χ2n) is 6.81. The number of oxime groups is 1. The Hall–Kier alpha value is -3.47. The maximum atomic E-state index is 12.2. The van der Waals surface area contributed by atoms with E-state index in [1.54, 1.807) is 12.3 Å². The van der Waals surface area contributed by atoms with Crippen molar-refractivity contribution in [2.75, 3.05) is 6.54 Å². The lowest BCUT2D eigenvalue weighted by Gasteiger charge is -2.10. The molecule has 140 valence electrons. The lowest BCUT2D eigenvalue weighted by Crippen LogP contribution is -2.32. The maximum Gasteiger partial charge on any atom is 0.252 e. The fourth-order valence-electron chi connectivity index (χ4n) is 3.10. The number of nitrogens with zero attached hydrogens (tertiary/aromatic N) is 2. The summed E-state index contributed by atoms with van der Waals surface area (Å²) in [6.45, 7) is 2.29. The molecule has 4 rings (SSSR count). The van der Waals surface area contributed by atoms with Crippen molar-refractivity contribution in [1.82, 2.24) is 10.3 Å². The van der Waals surface area contributed by atoms with E-state index >= 15 is 0 Å². The molecule has 5 nitrogen and oxygen atoms in total. The molecule has 0 saturated carbocycles. The second-order valence-corrected chi connectivity index (χ2v) is 6.81. The molecule has 1 amide bonds. The molecule has 5 heteroatoms. The fourth-order valence-corrected chi connectivity index (χ4v) is 3.10. The summed E-state index contributed by atoms with van der Waals surface area (Å²) in [6, 6.07) is 22.1. The van der Waals surface area contributed by atoms with Crippen molar-refractivity contribution in [3.8, 4) is 11.1 Å². The van der Waals surface area contributed by atoms with Gasteiger partial charge in [-0.15, -0.1) is 0 Å². The van der Waals surface area contributed by atoms with E-state index in [1.807, 2.05) is 31.2 Å². The second kappa shape index (κ2) is 8.05. The van der Waals surface area contributed by atoms with Gasteiger partial charge in [0, 0.05) is 18.3 Å². The number of pyridine rings is 1. The molecule has 0 saturated heterocycles. The topological polar surface area (TPSA) is 63.6 Å².